The van der Waals surface area contributed by atoms with E-state index in [1.54, 1.807) is 37.6 Å². The van der Waals surface area contributed by atoms with E-state index in [9.17, 15) is 4.79 Å². The molecule has 6 heteroatoms. The lowest BCUT2D eigenvalue weighted by molar-refractivity contribution is 0.0976. The first-order valence-electron chi connectivity index (χ1n) is 8.87. The quantitative estimate of drug-likeness (QED) is 0.526. The number of nitrogens with zero attached hydrogens (tertiary/aromatic N) is 2. The molecule has 28 heavy (non-hydrogen) atoms. The molecule has 3 aromatic rings. The minimum absolute atomic E-state index is 0.279. The summed E-state index contributed by atoms with van der Waals surface area (Å²) in [7, 11) is 1.57. The molecular formula is C22H22N4O2. The van der Waals surface area contributed by atoms with Crippen LogP contribution in [0.15, 0.2) is 77.9 Å². The van der Waals surface area contributed by atoms with E-state index in [0.717, 1.165) is 16.9 Å². The molecule has 2 N–H and O–H groups in total. The number of nitrogens with one attached hydrogen (secondary N) is 2. The number of carbonyl (C=O) groups is 1. The Morgan fingerprint density at radius 3 is 2.68 bits per heavy atom. The Hall–Kier alpha value is -3.67. The van der Waals surface area contributed by atoms with Crippen LogP contribution < -0.4 is 15.4 Å². The first-order valence-corrected chi connectivity index (χ1v) is 8.87. The van der Waals surface area contributed by atoms with Crippen molar-refractivity contribution in [3.8, 4) is 5.75 Å². The second-order valence-electron chi connectivity index (χ2n) is 6.17. The van der Waals surface area contributed by atoms with Gasteiger partial charge in [0.25, 0.3) is 5.91 Å². The van der Waals surface area contributed by atoms with Crippen LogP contribution in [0.4, 0.5) is 5.69 Å². The highest BCUT2D eigenvalue weighted by Crippen LogP contribution is 2.13. The van der Waals surface area contributed by atoms with Crippen LogP contribution in [-0.2, 0) is 6.54 Å². The van der Waals surface area contributed by atoms with Crippen LogP contribution >= 0.6 is 0 Å². The Balaban J connectivity index is 1.81. The molecule has 0 saturated carbocycles. The van der Waals surface area contributed by atoms with Gasteiger partial charge in [-0.2, -0.15) is 0 Å². The van der Waals surface area contributed by atoms with Gasteiger partial charge in [-0.25, -0.2) is 4.99 Å². The molecule has 3 rings (SSSR count). The van der Waals surface area contributed by atoms with E-state index in [1.165, 1.54) is 0 Å². The van der Waals surface area contributed by atoms with E-state index >= 15 is 0 Å². The van der Waals surface area contributed by atoms with Gasteiger partial charge in [-0.1, -0.05) is 24.3 Å². The van der Waals surface area contributed by atoms with Crippen molar-refractivity contribution < 1.29 is 9.53 Å². The molecule has 0 aliphatic rings. The molecule has 2 aromatic carbocycles. The highest BCUT2D eigenvalue weighted by molar-refractivity contribution is 6.10. The van der Waals surface area contributed by atoms with Gasteiger partial charge in [0.2, 0.25) is 5.96 Å². The van der Waals surface area contributed by atoms with Crippen LogP contribution in [0.3, 0.4) is 0 Å². The summed E-state index contributed by atoms with van der Waals surface area (Å²) in [4.78, 5) is 21.5. The van der Waals surface area contributed by atoms with Gasteiger partial charge in [0.1, 0.15) is 5.75 Å². The number of amides is 1. The third-order valence-corrected chi connectivity index (χ3v) is 3.97. The van der Waals surface area contributed by atoms with Gasteiger partial charge >= 0.3 is 0 Å². The number of rotatable bonds is 5. The molecule has 0 aliphatic heterocycles. The molecule has 0 fully saturated rings. The number of benzene rings is 2. The number of pyridine rings is 1. The fraction of sp³-hybridized carbons (Fsp3) is 0.136. The van der Waals surface area contributed by atoms with E-state index in [4.69, 9.17) is 4.74 Å². The van der Waals surface area contributed by atoms with Crippen LogP contribution in [0, 0.1) is 6.92 Å². The number of carbonyl (C=O) groups excluding carboxylic acids is 1. The van der Waals surface area contributed by atoms with Crippen LogP contribution in [0.25, 0.3) is 0 Å². The van der Waals surface area contributed by atoms with Gasteiger partial charge in [0, 0.05) is 17.4 Å². The Labute approximate surface area is 164 Å². The lowest BCUT2D eigenvalue weighted by Crippen LogP contribution is -2.36. The third-order valence-electron chi connectivity index (χ3n) is 3.97. The number of ether oxygens (including phenoxy) is 1. The molecule has 0 atom stereocenters. The molecular weight excluding hydrogens is 352 g/mol. The third kappa shape index (κ3) is 5.41. The van der Waals surface area contributed by atoms with Crippen molar-refractivity contribution in [2.45, 2.75) is 13.5 Å². The molecule has 0 saturated heterocycles. The summed E-state index contributed by atoms with van der Waals surface area (Å²) >= 11 is 0. The summed E-state index contributed by atoms with van der Waals surface area (Å²) in [5.41, 5.74) is 3.23. The van der Waals surface area contributed by atoms with Crippen molar-refractivity contribution in [3.63, 3.8) is 0 Å². The Morgan fingerprint density at radius 2 is 1.93 bits per heavy atom. The standard InChI is InChI=1S/C22H22N4O2/c1-16-7-5-10-18(13-16)25-22(24-15-19-9-3-4-12-23-19)26-21(27)17-8-6-11-20(14-17)28-2/h3-14H,15H2,1-2H3,(H2,24,25,26,27). The zero-order valence-electron chi connectivity index (χ0n) is 15.8. The number of hydrogen-bond donors (Lipinski definition) is 2. The van der Waals surface area contributed by atoms with E-state index in [1.807, 2.05) is 49.4 Å². The molecule has 0 unspecified atom stereocenters. The molecule has 1 heterocycles. The predicted octanol–water partition coefficient (Wildman–Crippen LogP) is 3.80. The van der Waals surface area contributed by atoms with Crippen molar-refractivity contribution >= 4 is 17.6 Å². The summed E-state index contributed by atoms with van der Waals surface area (Å²) in [6.45, 7) is 2.35. The summed E-state index contributed by atoms with van der Waals surface area (Å²) < 4.78 is 5.19. The number of aryl methyl sites for hydroxylation is 1. The summed E-state index contributed by atoms with van der Waals surface area (Å²) in [5.74, 6) is 0.689. The van der Waals surface area contributed by atoms with E-state index in [0.29, 0.717) is 23.8 Å². The van der Waals surface area contributed by atoms with Gasteiger partial charge < -0.3 is 10.1 Å². The lowest BCUT2D eigenvalue weighted by Gasteiger charge is -2.13. The number of guanidine groups is 1. The minimum atomic E-state index is -0.279. The fourth-order valence-electron chi connectivity index (χ4n) is 2.57. The van der Waals surface area contributed by atoms with Gasteiger partial charge in [0.15, 0.2) is 0 Å². The normalized spacial score (nSPS) is 11.0. The minimum Gasteiger partial charge on any atom is -0.497 e. The smallest absolute Gasteiger partial charge is 0.258 e. The second-order valence-corrected chi connectivity index (χ2v) is 6.17. The highest BCUT2D eigenvalue weighted by Gasteiger charge is 2.10. The number of aromatic nitrogens is 1. The monoisotopic (exact) mass is 374 g/mol. The number of aliphatic imine (C=N–C) groups is 1. The summed E-state index contributed by atoms with van der Waals surface area (Å²) in [6.07, 6.45) is 1.72. The first-order chi connectivity index (χ1) is 13.6. The van der Waals surface area contributed by atoms with Crippen LogP contribution in [-0.4, -0.2) is 24.0 Å². The van der Waals surface area contributed by atoms with Crippen molar-refractivity contribution in [3.05, 3.63) is 89.7 Å². The Bertz CT molecular complexity index is 971. The number of anilines is 1. The Morgan fingerprint density at radius 1 is 1.07 bits per heavy atom. The first kappa shape index (κ1) is 19.1. The molecule has 142 valence electrons. The topological polar surface area (TPSA) is 75.6 Å². The molecule has 1 amide bonds. The Kier molecular flexibility index (Phi) is 6.36. The average Bonchev–Trinajstić information content (AvgIpc) is 2.73. The highest BCUT2D eigenvalue weighted by atomic mass is 16.5. The van der Waals surface area contributed by atoms with Crippen LogP contribution in [0.2, 0.25) is 0 Å². The summed E-state index contributed by atoms with van der Waals surface area (Å²) in [6, 6.07) is 20.4. The second kappa shape index (κ2) is 9.32. The zero-order valence-corrected chi connectivity index (χ0v) is 15.8. The molecule has 0 radical (unpaired) electrons. The maximum absolute atomic E-state index is 12.7. The van der Waals surface area contributed by atoms with Crippen LogP contribution in [0.5, 0.6) is 5.75 Å². The van der Waals surface area contributed by atoms with Crippen molar-refractivity contribution in [1.29, 1.82) is 0 Å². The van der Waals surface area contributed by atoms with E-state index in [-0.39, 0.29) is 5.91 Å². The van der Waals surface area contributed by atoms with Gasteiger partial charge in [-0.15, -0.1) is 0 Å². The van der Waals surface area contributed by atoms with Gasteiger partial charge in [-0.3, -0.25) is 15.1 Å². The van der Waals surface area contributed by atoms with Gasteiger partial charge in [-0.05, 0) is 55.0 Å². The zero-order chi connectivity index (χ0) is 19.8. The maximum atomic E-state index is 12.7. The van der Waals surface area contributed by atoms with E-state index in [2.05, 4.69) is 20.6 Å². The van der Waals surface area contributed by atoms with E-state index < -0.39 is 0 Å². The summed E-state index contributed by atoms with van der Waals surface area (Å²) in [5, 5.41) is 6.02. The van der Waals surface area contributed by atoms with Crippen molar-refractivity contribution in [1.82, 2.24) is 10.3 Å². The SMILES string of the molecule is COc1cccc(C(=O)NC(=NCc2ccccn2)Nc2cccc(C)c2)c1. The van der Waals surface area contributed by atoms with Gasteiger partial charge in [0.05, 0.1) is 19.3 Å². The fourth-order valence-corrected chi connectivity index (χ4v) is 2.57. The predicted molar refractivity (Wildman–Crippen MR) is 111 cm³/mol. The molecule has 6 nitrogen and oxygen atoms in total. The maximum Gasteiger partial charge on any atom is 0.258 e. The molecule has 1 aromatic heterocycles. The average molecular weight is 374 g/mol. The van der Waals surface area contributed by atoms with Crippen molar-refractivity contribution in [2.24, 2.45) is 4.99 Å². The van der Waals surface area contributed by atoms with Crippen molar-refractivity contribution in [2.75, 3.05) is 12.4 Å². The molecule has 0 aliphatic carbocycles. The van der Waals surface area contributed by atoms with Crippen LogP contribution in [0.1, 0.15) is 21.6 Å². The molecule has 0 bridgehead atoms. The lowest BCUT2D eigenvalue weighted by atomic mass is 10.2. The molecule has 0 spiro atoms. The number of methoxy groups -OCH3 is 1. The number of hydrogen-bond acceptors (Lipinski definition) is 4. The largest absolute Gasteiger partial charge is 0.497 e.